The first-order chi connectivity index (χ1) is 12.4. The van der Waals surface area contributed by atoms with Crippen molar-refractivity contribution in [3.05, 3.63) is 28.2 Å². The van der Waals surface area contributed by atoms with Crippen LogP contribution in [0.2, 0.25) is 10.0 Å². The van der Waals surface area contributed by atoms with Gasteiger partial charge in [-0.1, -0.05) is 23.2 Å². The largest absolute Gasteiger partial charge is 0.492 e. The highest BCUT2D eigenvalue weighted by Gasteiger charge is 2.07. The molecule has 2 amide bonds. The number of carbonyl (C=O) groups excluding carboxylic acids is 2. The third-order valence-corrected chi connectivity index (χ3v) is 3.68. The summed E-state index contributed by atoms with van der Waals surface area (Å²) in [5.41, 5.74) is 4.82. The quantitative estimate of drug-likeness (QED) is 0.322. The molecule has 0 unspecified atom stereocenters. The third kappa shape index (κ3) is 9.76. The first-order valence-corrected chi connectivity index (χ1v) is 9.13. The molecule has 0 aliphatic carbocycles. The molecular weight excluding hydrogens is 401 g/mol. The molecule has 0 heterocycles. The Balaban J connectivity index is 2.15. The number of rotatable bonds is 9. The number of thiocarbonyl (C=S) groups is 1. The zero-order valence-electron chi connectivity index (χ0n) is 14.3. The normalized spacial score (nSPS) is 10.1. The fourth-order valence-electron chi connectivity index (χ4n) is 1.73. The molecule has 26 heavy (non-hydrogen) atoms. The summed E-state index contributed by atoms with van der Waals surface area (Å²) in [5.74, 6) is -0.0800. The van der Waals surface area contributed by atoms with Gasteiger partial charge in [-0.25, -0.2) is 0 Å². The van der Waals surface area contributed by atoms with Crippen LogP contribution in [0.5, 0.6) is 5.75 Å². The fourth-order valence-corrected chi connectivity index (χ4v) is 2.35. The summed E-state index contributed by atoms with van der Waals surface area (Å²) in [5, 5.41) is 3.40. The molecule has 10 heteroatoms. The van der Waals surface area contributed by atoms with Gasteiger partial charge in [0.2, 0.25) is 11.8 Å². The third-order valence-electron chi connectivity index (χ3n) is 2.95. The van der Waals surface area contributed by atoms with Crippen molar-refractivity contribution in [2.45, 2.75) is 26.2 Å². The molecule has 0 fully saturated rings. The minimum absolute atomic E-state index is 0.0152. The highest BCUT2D eigenvalue weighted by molar-refractivity contribution is 7.80. The minimum Gasteiger partial charge on any atom is -0.492 e. The van der Waals surface area contributed by atoms with Gasteiger partial charge in [0, 0.05) is 18.1 Å². The van der Waals surface area contributed by atoms with Crippen LogP contribution in [0.25, 0.3) is 0 Å². The Kier molecular flexibility index (Phi) is 11.0. The van der Waals surface area contributed by atoms with Crippen molar-refractivity contribution in [1.82, 2.24) is 16.2 Å². The van der Waals surface area contributed by atoms with Crippen LogP contribution in [0.15, 0.2) is 18.2 Å². The van der Waals surface area contributed by atoms with Crippen molar-refractivity contribution in [2.24, 2.45) is 0 Å². The molecular formula is C16H21Cl2N3O4S. The molecule has 0 saturated carbocycles. The molecule has 0 radical (unpaired) electrons. The van der Waals surface area contributed by atoms with Gasteiger partial charge in [-0.15, -0.1) is 0 Å². The van der Waals surface area contributed by atoms with Crippen molar-refractivity contribution in [3.63, 3.8) is 0 Å². The monoisotopic (exact) mass is 421 g/mol. The first-order valence-electron chi connectivity index (χ1n) is 7.96. The van der Waals surface area contributed by atoms with E-state index in [0.29, 0.717) is 42.0 Å². The highest BCUT2D eigenvalue weighted by Crippen LogP contribution is 2.27. The number of carbonyl (C=O) groups is 2. The van der Waals surface area contributed by atoms with Gasteiger partial charge in [0.05, 0.1) is 24.7 Å². The smallest absolute Gasteiger partial charge is 0.240 e. The van der Waals surface area contributed by atoms with Gasteiger partial charge in [0.1, 0.15) is 5.75 Å². The summed E-state index contributed by atoms with van der Waals surface area (Å²) >= 11 is 16.7. The van der Waals surface area contributed by atoms with Crippen molar-refractivity contribution < 1.29 is 19.1 Å². The fraction of sp³-hybridized carbons (Fsp3) is 0.438. The van der Waals surface area contributed by atoms with Crippen LogP contribution in [-0.2, 0) is 14.3 Å². The maximum Gasteiger partial charge on any atom is 0.240 e. The molecule has 0 aromatic heterocycles. The summed E-state index contributed by atoms with van der Waals surface area (Å²) in [6.45, 7) is 3.02. The molecule has 0 aliphatic heterocycles. The second-order valence-electron chi connectivity index (χ2n) is 5.02. The van der Waals surface area contributed by atoms with Crippen molar-refractivity contribution in [2.75, 3.05) is 19.8 Å². The number of hydrogen-bond donors (Lipinski definition) is 3. The Bertz CT molecular complexity index is 632. The van der Waals surface area contributed by atoms with Crippen LogP contribution >= 0.6 is 35.4 Å². The lowest BCUT2D eigenvalue weighted by Gasteiger charge is -2.11. The number of hydrogen-bond acceptors (Lipinski definition) is 5. The predicted molar refractivity (Wildman–Crippen MR) is 104 cm³/mol. The van der Waals surface area contributed by atoms with E-state index in [-0.39, 0.29) is 29.8 Å². The number of ether oxygens (including phenoxy) is 2. The molecule has 0 atom stereocenters. The number of nitrogens with one attached hydrogen (secondary N) is 3. The Morgan fingerprint density at radius 1 is 1.12 bits per heavy atom. The summed E-state index contributed by atoms with van der Waals surface area (Å²) < 4.78 is 10.5. The van der Waals surface area contributed by atoms with Crippen LogP contribution in [-0.4, -0.2) is 36.7 Å². The standard InChI is InChI=1S/C16H21Cl2N3O4S/c1-2-24-9-7-15(23)20-21-16(26)19-14(22)4-3-8-25-13-6-5-11(17)10-12(13)18/h5-6,10H,2-4,7-9H2,1H3,(H,20,23)(H2,19,21,22,26). The van der Waals surface area contributed by atoms with Gasteiger partial charge in [-0.3, -0.25) is 20.4 Å². The van der Waals surface area contributed by atoms with Gasteiger partial charge in [-0.2, -0.15) is 0 Å². The topological polar surface area (TPSA) is 88.7 Å². The maximum atomic E-state index is 11.8. The van der Waals surface area contributed by atoms with Gasteiger partial charge in [-0.05, 0) is 43.8 Å². The Morgan fingerprint density at radius 2 is 1.88 bits per heavy atom. The highest BCUT2D eigenvalue weighted by atomic mass is 35.5. The zero-order chi connectivity index (χ0) is 19.4. The van der Waals surface area contributed by atoms with Crippen LogP contribution in [0, 0.1) is 0 Å². The molecule has 7 nitrogen and oxygen atoms in total. The van der Waals surface area contributed by atoms with Crippen LogP contribution in [0.4, 0.5) is 0 Å². The molecule has 144 valence electrons. The second kappa shape index (κ2) is 12.7. The van der Waals surface area contributed by atoms with Gasteiger partial charge in [0.15, 0.2) is 5.11 Å². The summed E-state index contributed by atoms with van der Waals surface area (Å²) in [4.78, 5) is 23.2. The maximum absolute atomic E-state index is 11.8. The van der Waals surface area contributed by atoms with E-state index >= 15 is 0 Å². The van der Waals surface area contributed by atoms with Crippen LogP contribution < -0.4 is 20.9 Å². The number of halogens is 2. The predicted octanol–water partition coefficient (Wildman–Crippen LogP) is 2.60. The number of benzene rings is 1. The minimum atomic E-state index is -0.295. The molecule has 0 aliphatic rings. The first kappa shape index (κ1) is 22.4. The number of amides is 2. The lowest BCUT2D eigenvalue weighted by molar-refractivity contribution is -0.123. The van der Waals surface area contributed by atoms with E-state index in [2.05, 4.69) is 16.2 Å². The average molecular weight is 422 g/mol. The molecule has 3 N–H and O–H groups in total. The molecule has 0 spiro atoms. The second-order valence-corrected chi connectivity index (χ2v) is 6.28. The lowest BCUT2D eigenvalue weighted by atomic mass is 10.3. The van der Waals surface area contributed by atoms with Crippen molar-refractivity contribution >= 4 is 52.3 Å². The molecule has 1 aromatic carbocycles. The van der Waals surface area contributed by atoms with E-state index in [4.69, 9.17) is 44.9 Å². The van der Waals surface area contributed by atoms with Crippen LogP contribution in [0.3, 0.4) is 0 Å². The van der Waals surface area contributed by atoms with E-state index in [1.165, 1.54) is 0 Å². The SMILES string of the molecule is CCOCCC(=O)NNC(=S)NC(=O)CCCOc1ccc(Cl)cc1Cl. The van der Waals surface area contributed by atoms with E-state index in [1.807, 2.05) is 6.92 Å². The molecule has 1 aromatic rings. The Labute approximate surface area is 167 Å². The van der Waals surface area contributed by atoms with E-state index in [0.717, 1.165) is 0 Å². The van der Waals surface area contributed by atoms with Gasteiger partial charge < -0.3 is 14.8 Å². The summed E-state index contributed by atoms with van der Waals surface area (Å²) in [7, 11) is 0. The average Bonchev–Trinajstić information content (AvgIpc) is 2.58. The van der Waals surface area contributed by atoms with Crippen molar-refractivity contribution in [3.8, 4) is 5.75 Å². The Morgan fingerprint density at radius 3 is 2.58 bits per heavy atom. The van der Waals surface area contributed by atoms with E-state index in [9.17, 15) is 9.59 Å². The van der Waals surface area contributed by atoms with Gasteiger partial charge in [0.25, 0.3) is 0 Å². The summed E-state index contributed by atoms with van der Waals surface area (Å²) in [6, 6.07) is 4.91. The Hall–Kier alpha value is -1.61. The van der Waals surface area contributed by atoms with E-state index < -0.39 is 0 Å². The van der Waals surface area contributed by atoms with Gasteiger partial charge >= 0.3 is 0 Å². The molecule has 0 bridgehead atoms. The van der Waals surface area contributed by atoms with Crippen LogP contribution in [0.1, 0.15) is 26.2 Å². The number of hydrazine groups is 1. The zero-order valence-corrected chi connectivity index (χ0v) is 16.6. The summed E-state index contributed by atoms with van der Waals surface area (Å²) in [6.07, 6.45) is 0.863. The van der Waals surface area contributed by atoms with E-state index in [1.54, 1.807) is 18.2 Å². The molecule has 0 saturated heterocycles. The molecule has 1 rings (SSSR count). The van der Waals surface area contributed by atoms with Crippen molar-refractivity contribution in [1.29, 1.82) is 0 Å². The lowest BCUT2D eigenvalue weighted by Crippen LogP contribution is -2.48.